The second-order valence-electron chi connectivity index (χ2n) is 3.85. The number of nitrogens with one attached hydrogen (secondary N) is 2. The lowest BCUT2D eigenvalue weighted by Crippen LogP contribution is -2.41. The molecule has 0 aromatic carbocycles. The molecule has 88 valence electrons. The fourth-order valence-electron chi connectivity index (χ4n) is 1.09. The fourth-order valence-corrected chi connectivity index (χ4v) is 1.09. The molecule has 0 aromatic heterocycles. The molecule has 0 atom stereocenters. The van der Waals surface area contributed by atoms with Crippen LogP contribution in [-0.4, -0.2) is 41.7 Å². The SMILES string of the molecule is CC(C)CNC(=O)CN1C(=O)NC(=O)C1=O. The molecule has 16 heavy (non-hydrogen) atoms. The van der Waals surface area contributed by atoms with Crippen LogP contribution in [0.4, 0.5) is 4.79 Å². The summed E-state index contributed by atoms with van der Waals surface area (Å²) in [6.07, 6.45) is 0. The summed E-state index contributed by atoms with van der Waals surface area (Å²) in [5, 5.41) is 4.35. The van der Waals surface area contributed by atoms with E-state index in [2.05, 4.69) is 5.32 Å². The monoisotopic (exact) mass is 227 g/mol. The molecule has 1 heterocycles. The van der Waals surface area contributed by atoms with E-state index < -0.39 is 30.3 Å². The molecule has 1 saturated heterocycles. The van der Waals surface area contributed by atoms with Crippen LogP contribution in [0.1, 0.15) is 13.8 Å². The van der Waals surface area contributed by atoms with Crippen molar-refractivity contribution < 1.29 is 19.2 Å². The van der Waals surface area contributed by atoms with E-state index in [0.717, 1.165) is 0 Å². The van der Waals surface area contributed by atoms with Gasteiger partial charge in [-0.3, -0.25) is 19.7 Å². The maximum atomic E-state index is 11.3. The Morgan fingerprint density at radius 1 is 1.38 bits per heavy atom. The molecule has 0 bridgehead atoms. The topological polar surface area (TPSA) is 95.6 Å². The zero-order chi connectivity index (χ0) is 12.3. The number of nitrogens with zero attached hydrogens (tertiary/aromatic N) is 1. The molecule has 1 fully saturated rings. The molecule has 1 aliphatic heterocycles. The maximum Gasteiger partial charge on any atom is 0.332 e. The summed E-state index contributed by atoms with van der Waals surface area (Å²) >= 11 is 0. The van der Waals surface area contributed by atoms with E-state index in [9.17, 15) is 19.2 Å². The van der Waals surface area contributed by atoms with E-state index in [1.165, 1.54) is 0 Å². The summed E-state index contributed by atoms with van der Waals surface area (Å²) in [5.74, 6) is -2.19. The number of hydrogen-bond acceptors (Lipinski definition) is 4. The average molecular weight is 227 g/mol. The van der Waals surface area contributed by atoms with Gasteiger partial charge in [0.15, 0.2) is 0 Å². The summed E-state index contributed by atoms with van der Waals surface area (Å²) < 4.78 is 0. The first-order valence-electron chi connectivity index (χ1n) is 4.85. The minimum absolute atomic E-state index is 0.272. The van der Waals surface area contributed by atoms with Gasteiger partial charge in [0.05, 0.1) is 0 Å². The van der Waals surface area contributed by atoms with Gasteiger partial charge in [0, 0.05) is 6.54 Å². The first kappa shape index (κ1) is 12.2. The number of urea groups is 1. The van der Waals surface area contributed by atoms with E-state index in [1.807, 2.05) is 13.8 Å². The molecule has 0 aromatic rings. The standard InChI is InChI=1S/C9H13N3O4/c1-5(2)3-10-6(13)4-12-8(15)7(14)11-9(12)16/h5H,3-4H2,1-2H3,(H,10,13)(H,11,14,16). The van der Waals surface area contributed by atoms with Gasteiger partial charge in [0.1, 0.15) is 6.54 Å². The largest absolute Gasteiger partial charge is 0.354 e. The van der Waals surface area contributed by atoms with Crippen LogP contribution in [0.25, 0.3) is 0 Å². The van der Waals surface area contributed by atoms with Crippen molar-refractivity contribution in [1.29, 1.82) is 0 Å². The molecule has 0 unspecified atom stereocenters. The van der Waals surface area contributed by atoms with Crippen molar-refractivity contribution in [3.05, 3.63) is 0 Å². The van der Waals surface area contributed by atoms with Gasteiger partial charge in [-0.2, -0.15) is 0 Å². The molecule has 7 nitrogen and oxygen atoms in total. The number of hydrogen-bond donors (Lipinski definition) is 2. The van der Waals surface area contributed by atoms with E-state index >= 15 is 0 Å². The van der Waals surface area contributed by atoms with Gasteiger partial charge in [-0.1, -0.05) is 13.8 Å². The molecule has 2 N–H and O–H groups in total. The first-order chi connectivity index (χ1) is 7.41. The van der Waals surface area contributed by atoms with Crippen molar-refractivity contribution in [2.24, 2.45) is 5.92 Å². The minimum atomic E-state index is -0.998. The van der Waals surface area contributed by atoms with Crippen molar-refractivity contribution in [3.63, 3.8) is 0 Å². The van der Waals surface area contributed by atoms with Crippen molar-refractivity contribution in [3.8, 4) is 0 Å². The maximum absolute atomic E-state index is 11.3. The summed E-state index contributed by atoms with van der Waals surface area (Å²) in [5.41, 5.74) is 0. The number of imide groups is 2. The smallest absolute Gasteiger partial charge is 0.332 e. The summed E-state index contributed by atoms with van der Waals surface area (Å²) in [7, 11) is 0. The predicted octanol–water partition coefficient (Wildman–Crippen LogP) is -1.16. The lowest BCUT2D eigenvalue weighted by molar-refractivity contribution is -0.141. The Balaban J connectivity index is 2.48. The molecule has 5 amide bonds. The highest BCUT2D eigenvalue weighted by molar-refractivity contribution is 6.45. The Morgan fingerprint density at radius 3 is 2.44 bits per heavy atom. The number of carbonyl (C=O) groups excluding carboxylic acids is 4. The van der Waals surface area contributed by atoms with Crippen molar-refractivity contribution in [1.82, 2.24) is 15.5 Å². The van der Waals surface area contributed by atoms with Crippen molar-refractivity contribution >= 4 is 23.8 Å². The fraction of sp³-hybridized carbons (Fsp3) is 0.556. The molecule has 1 aliphatic rings. The van der Waals surface area contributed by atoms with E-state index in [1.54, 1.807) is 5.32 Å². The number of rotatable bonds is 4. The lowest BCUT2D eigenvalue weighted by atomic mass is 10.2. The van der Waals surface area contributed by atoms with E-state index in [-0.39, 0.29) is 5.92 Å². The number of amides is 5. The Hall–Kier alpha value is -1.92. The molecule has 1 rings (SSSR count). The van der Waals surface area contributed by atoms with E-state index in [4.69, 9.17) is 0 Å². The second kappa shape index (κ2) is 4.73. The van der Waals surface area contributed by atoms with Gasteiger partial charge in [-0.25, -0.2) is 9.69 Å². The first-order valence-corrected chi connectivity index (χ1v) is 4.85. The molecule has 0 radical (unpaired) electrons. The zero-order valence-corrected chi connectivity index (χ0v) is 9.07. The van der Waals surface area contributed by atoms with E-state index in [0.29, 0.717) is 11.4 Å². The number of carbonyl (C=O) groups is 4. The van der Waals surface area contributed by atoms with Crippen molar-refractivity contribution in [2.45, 2.75) is 13.8 Å². The van der Waals surface area contributed by atoms with Gasteiger partial charge >= 0.3 is 17.8 Å². The van der Waals surface area contributed by atoms with Crippen LogP contribution in [0.3, 0.4) is 0 Å². The molecule has 0 saturated carbocycles. The third kappa shape index (κ3) is 2.78. The van der Waals surface area contributed by atoms with Crippen LogP contribution in [-0.2, 0) is 14.4 Å². The molecule has 0 aliphatic carbocycles. The average Bonchev–Trinajstić information content (AvgIpc) is 2.42. The quantitative estimate of drug-likeness (QED) is 0.467. The summed E-state index contributed by atoms with van der Waals surface area (Å²) in [6, 6.07) is -0.852. The second-order valence-corrected chi connectivity index (χ2v) is 3.85. The van der Waals surface area contributed by atoms with Gasteiger partial charge in [0.25, 0.3) is 0 Å². The highest BCUT2D eigenvalue weighted by Gasteiger charge is 2.37. The molecular formula is C9H13N3O4. The summed E-state index contributed by atoms with van der Waals surface area (Å²) in [6.45, 7) is 3.86. The molecular weight excluding hydrogens is 214 g/mol. The highest BCUT2D eigenvalue weighted by Crippen LogP contribution is 1.99. The van der Waals surface area contributed by atoms with Crippen LogP contribution in [0.2, 0.25) is 0 Å². The Morgan fingerprint density at radius 2 is 2.00 bits per heavy atom. The Bertz CT molecular complexity index is 351. The highest BCUT2D eigenvalue weighted by atomic mass is 16.2. The normalized spacial score (nSPS) is 15.7. The van der Waals surface area contributed by atoms with Gasteiger partial charge in [-0.05, 0) is 5.92 Å². The third-order valence-electron chi connectivity index (χ3n) is 1.91. The minimum Gasteiger partial charge on any atom is -0.354 e. The molecule has 7 heteroatoms. The lowest BCUT2D eigenvalue weighted by Gasteiger charge is -2.12. The Labute approximate surface area is 92.2 Å². The van der Waals surface area contributed by atoms with Crippen LogP contribution < -0.4 is 10.6 Å². The van der Waals surface area contributed by atoms with Gasteiger partial charge in [0.2, 0.25) is 5.91 Å². The van der Waals surface area contributed by atoms with Crippen molar-refractivity contribution in [2.75, 3.05) is 13.1 Å². The molecule has 0 spiro atoms. The van der Waals surface area contributed by atoms with Crippen LogP contribution >= 0.6 is 0 Å². The Kier molecular flexibility index (Phi) is 3.60. The van der Waals surface area contributed by atoms with Crippen LogP contribution in [0, 0.1) is 5.92 Å². The predicted molar refractivity (Wildman–Crippen MR) is 53.1 cm³/mol. The van der Waals surface area contributed by atoms with Crippen LogP contribution in [0.5, 0.6) is 0 Å². The zero-order valence-electron chi connectivity index (χ0n) is 9.07. The summed E-state index contributed by atoms with van der Waals surface area (Å²) in [4.78, 5) is 44.8. The van der Waals surface area contributed by atoms with Gasteiger partial charge in [-0.15, -0.1) is 0 Å². The van der Waals surface area contributed by atoms with Gasteiger partial charge < -0.3 is 5.32 Å². The third-order valence-corrected chi connectivity index (χ3v) is 1.91. The van der Waals surface area contributed by atoms with Crippen LogP contribution in [0.15, 0.2) is 0 Å².